The number of unbranched alkanes of at least 4 members (excludes halogenated alkanes) is 2. The van der Waals surface area contributed by atoms with E-state index in [1.807, 2.05) is 12.1 Å². The van der Waals surface area contributed by atoms with Gasteiger partial charge in [-0.2, -0.15) is 0 Å². The Morgan fingerprint density at radius 2 is 1.61 bits per heavy atom. The van der Waals surface area contributed by atoms with Crippen molar-refractivity contribution in [3.8, 4) is 0 Å². The largest absolute Gasteiger partial charge is 0.462 e. The van der Waals surface area contributed by atoms with Crippen molar-refractivity contribution in [2.75, 3.05) is 19.8 Å². The molecule has 1 aromatic rings. The third kappa shape index (κ3) is 10.1. The van der Waals surface area contributed by atoms with E-state index in [9.17, 15) is 14.7 Å². The summed E-state index contributed by atoms with van der Waals surface area (Å²) in [5.74, 6) is 0.447. The maximum atomic E-state index is 12.4. The summed E-state index contributed by atoms with van der Waals surface area (Å²) in [5, 5.41) is 10.1. The maximum Gasteiger partial charge on any atom is 0.336 e. The minimum atomic E-state index is -1.38. The summed E-state index contributed by atoms with van der Waals surface area (Å²) in [7, 11) is 0. The molecule has 1 N–H and O–H groups in total. The Labute approximate surface area is 247 Å². The predicted molar refractivity (Wildman–Crippen MR) is 163 cm³/mol. The van der Waals surface area contributed by atoms with Gasteiger partial charge in [-0.1, -0.05) is 63.6 Å². The van der Waals surface area contributed by atoms with Gasteiger partial charge < -0.3 is 19.3 Å². The van der Waals surface area contributed by atoms with Crippen LogP contribution in [-0.2, 0) is 23.8 Å². The zero-order valence-corrected chi connectivity index (χ0v) is 25.8. The summed E-state index contributed by atoms with van der Waals surface area (Å²) in [6.45, 7) is 15.1. The van der Waals surface area contributed by atoms with Gasteiger partial charge in [-0.05, 0) is 94.6 Å². The number of rotatable bonds is 14. The molecule has 228 valence electrons. The number of carbonyl (C=O) groups is 2. The van der Waals surface area contributed by atoms with Gasteiger partial charge in [0.05, 0.1) is 23.2 Å². The number of hydrogen-bond acceptors (Lipinski definition) is 6. The number of ether oxygens (including phenoxy) is 3. The molecule has 1 saturated carbocycles. The Bertz CT molecular complexity index is 1000. The van der Waals surface area contributed by atoms with Crippen LogP contribution in [0.3, 0.4) is 0 Å². The zero-order chi connectivity index (χ0) is 30.0. The quantitative estimate of drug-likeness (QED) is 0.143. The fraction of sp³-hybridized carbons (Fsp3) is 0.657. The van der Waals surface area contributed by atoms with Crippen molar-refractivity contribution in [1.29, 1.82) is 0 Å². The molecule has 0 radical (unpaired) electrons. The van der Waals surface area contributed by atoms with Crippen LogP contribution in [0.1, 0.15) is 115 Å². The van der Waals surface area contributed by atoms with Gasteiger partial charge in [-0.3, -0.25) is 0 Å². The first-order valence-electron chi connectivity index (χ1n) is 15.6. The number of esters is 2. The molecule has 0 aromatic heterocycles. The van der Waals surface area contributed by atoms with Crippen LogP contribution < -0.4 is 0 Å². The Kier molecular flexibility index (Phi) is 12.7. The number of aliphatic hydroxyl groups is 1. The number of benzene rings is 1. The van der Waals surface area contributed by atoms with Crippen LogP contribution in [0.25, 0.3) is 0 Å². The Morgan fingerprint density at radius 3 is 2.15 bits per heavy atom. The van der Waals surface area contributed by atoms with Crippen molar-refractivity contribution < 1.29 is 28.9 Å². The molecule has 1 aliphatic heterocycles. The molecule has 2 fully saturated rings. The van der Waals surface area contributed by atoms with Crippen LogP contribution >= 0.6 is 0 Å². The topological polar surface area (TPSA) is 82.1 Å². The molecular formula is C35H52O6. The van der Waals surface area contributed by atoms with Crippen LogP contribution in [0.15, 0.2) is 48.6 Å². The molecule has 6 heteroatoms. The van der Waals surface area contributed by atoms with Gasteiger partial charge in [0.25, 0.3) is 0 Å². The zero-order valence-electron chi connectivity index (χ0n) is 25.8. The highest BCUT2D eigenvalue weighted by Gasteiger charge is 2.32. The summed E-state index contributed by atoms with van der Waals surface area (Å²) in [6.07, 6.45) is 13.0. The molecule has 1 saturated heterocycles. The first kappa shape index (κ1) is 33.1. The van der Waals surface area contributed by atoms with Crippen molar-refractivity contribution in [3.05, 3.63) is 59.7 Å². The molecule has 41 heavy (non-hydrogen) atoms. The average Bonchev–Trinajstić information content (AvgIpc) is 2.96. The van der Waals surface area contributed by atoms with Crippen molar-refractivity contribution in [3.63, 3.8) is 0 Å². The smallest absolute Gasteiger partial charge is 0.336 e. The second-order valence-corrected chi connectivity index (χ2v) is 12.8. The fourth-order valence-corrected chi connectivity index (χ4v) is 6.03. The minimum absolute atomic E-state index is 0.00269. The van der Waals surface area contributed by atoms with Crippen LogP contribution in [-0.4, -0.2) is 48.6 Å². The normalized spacial score (nSPS) is 23.8. The van der Waals surface area contributed by atoms with E-state index in [1.165, 1.54) is 83.6 Å². The molecule has 1 aromatic carbocycles. The lowest BCUT2D eigenvalue weighted by Crippen LogP contribution is -2.34. The highest BCUT2D eigenvalue weighted by atomic mass is 16.5. The molecule has 1 heterocycles. The molecule has 2 aliphatic rings. The third-order valence-corrected chi connectivity index (χ3v) is 8.96. The van der Waals surface area contributed by atoms with Crippen molar-refractivity contribution in [1.82, 2.24) is 0 Å². The second kappa shape index (κ2) is 15.7. The summed E-state index contributed by atoms with van der Waals surface area (Å²) >= 11 is 0. The van der Waals surface area contributed by atoms with Gasteiger partial charge in [0.2, 0.25) is 0 Å². The lowest BCUT2D eigenvalue weighted by atomic mass is 9.75. The monoisotopic (exact) mass is 568 g/mol. The molecule has 1 aliphatic carbocycles. The van der Waals surface area contributed by atoms with Crippen LogP contribution in [0.2, 0.25) is 0 Å². The van der Waals surface area contributed by atoms with E-state index in [1.54, 1.807) is 6.92 Å². The standard InChI is InChI=1S/C35H52O6/c1-7-8-9-10-26-11-20-32(39-21-26)30-18-16-28(17-19-30)27-12-14-29(15-13-27)31(22-40-33(36)24(2)3)23-41-34(37)25(4)35(5,6)38/h12-15,26,28,30-32,38H,2,4,7-11,16-23H2,1,3,5-6H3. The van der Waals surface area contributed by atoms with Crippen LogP contribution in [0.5, 0.6) is 0 Å². The first-order valence-corrected chi connectivity index (χ1v) is 15.6. The molecule has 0 amide bonds. The van der Waals surface area contributed by atoms with E-state index >= 15 is 0 Å². The third-order valence-electron chi connectivity index (χ3n) is 8.96. The van der Waals surface area contributed by atoms with Crippen LogP contribution in [0.4, 0.5) is 0 Å². The lowest BCUT2D eigenvalue weighted by Gasteiger charge is -2.38. The lowest BCUT2D eigenvalue weighted by molar-refractivity contribution is -0.143. The number of hydrogen-bond donors (Lipinski definition) is 1. The molecule has 3 atom stereocenters. The molecular weight excluding hydrogens is 516 g/mol. The van der Waals surface area contributed by atoms with E-state index in [0.717, 1.165) is 18.1 Å². The molecule has 3 rings (SSSR count). The van der Waals surface area contributed by atoms with Gasteiger partial charge in [0.1, 0.15) is 13.2 Å². The minimum Gasteiger partial charge on any atom is -0.462 e. The highest BCUT2D eigenvalue weighted by molar-refractivity contribution is 5.89. The SMILES string of the molecule is C=C(C)C(=O)OCC(COC(=O)C(=C)C(C)(C)O)c1ccc(C2CCC(C3CCC(CCCCC)CO3)CC2)cc1. The van der Waals surface area contributed by atoms with Gasteiger partial charge in [0.15, 0.2) is 0 Å². The van der Waals surface area contributed by atoms with Gasteiger partial charge in [0, 0.05) is 12.2 Å². The van der Waals surface area contributed by atoms with Crippen LogP contribution in [0, 0.1) is 11.8 Å². The summed E-state index contributed by atoms with van der Waals surface area (Å²) in [5.41, 5.74) is 1.15. The van der Waals surface area contributed by atoms with Crippen molar-refractivity contribution >= 4 is 11.9 Å². The molecule has 6 nitrogen and oxygen atoms in total. The summed E-state index contributed by atoms with van der Waals surface area (Å²) < 4.78 is 17.3. The predicted octanol–water partition coefficient (Wildman–Crippen LogP) is 7.41. The van der Waals surface area contributed by atoms with Gasteiger partial charge in [-0.15, -0.1) is 0 Å². The van der Waals surface area contributed by atoms with Crippen molar-refractivity contribution in [2.24, 2.45) is 11.8 Å². The molecule has 0 bridgehead atoms. The first-order chi connectivity index (χ1) is 19.5. The fourth-order valence-electron chi connectivity index (χ4n) is 6.03. The summed E-state index contributed by atoms with van der Waals surface area (Å²) in [6, 6.07) is 8.40. The average molecular weight is 569 g/mol. The van der Waals surface area contributed by atoms with E-state index in [0.29, 0.717) is 23.5 Å². The highest BCUT2D eigenvalue weighted by Crippen LogP contribution is 2.40. The Morgan fingerprint density at radius 1 is 0.976 bits per heavy atom. The van der Waals surface area contributed by atoms with E-state index in [2.05, 4.69) is 32.2 Å². The van der Waals surface area contributed by atoms with E-state index < -0.39 is 17.5 Å². The van der Waals surface area contributed by atoms with E-state index in [-0.39, 0.29) is 24.7 Å². The maximum absolute atomic E-state index is 12.4. The van der Waals surface area contributed by atoms with E-state index in [4.69, 9.17) is 14.2 Å². The van der Waals surface area contributed by atoms with Gasteiger partial charge >= 0.3 is 11.9 Å². The van der Waals surface area contributed by atoms with Crippen molar-refractivity contribution in [2.45, 2.75) is 115 Å². The molecule has 0 spiro atoms. The Balaban J connectivity index is 1.54. The summed E-state index contributed by atoms with van der Waals surface area (Å²) in [4.78, 5) is 24.5. The second-order valence-electron chi connectivity index (χ2n) is 12.8. The number of carbonyl (C=O) groups excluding carboxylic acids is 2. The van der Waals surface area contributed by atoms with Gasteiger partial charge in [-0.25, -0.2) is 9.59 Å². The molecule has 3 unspecified atom stereocenters. The Hall–Kier alpha value is -2.44.